The van der Waals surface area contributed by atoms with Crippen LogP contribution in [-0.4, -0.2) is 6.54 Å². The van der Waals surface area contributed by atoms with Gasteiger partial charge in [0.05, 0.1) is 11.6 Å². The van der Waals surface area contributed by atoms with Crippen LogP contribution in [-0.2, 0) is 6.54 Å². The van der Waals surface area contributed by atoms with Gasteiger partial charge in [-0.2, -0.15) is 5.26 Å². The van der Waals surface area contributed by atoms with Gasteiger partial charge in [-0.25, -0.2) is 4.39 Å². The van der Waals surface area contributed by atoms with Gasteiger partial charge in [0.15, 0.2) is 0 Å². The molecule has 94 valence electrons. The van der Waals surface area contributed by atoms with Crippen molar-refractivity contribution in [3.8, 4) is 6.07 Å². The predicted molar refractivity (Wildman–Crippen MR) is 69.3 cm³/mol. The van der Waals surface area contributed by atoms with E-state index in [0.29, 0.717) is 23.6 Å². The highest BCUT2D eigenvalue weighted by atomic mass is 19.1. The van der Waals surface area contributed by atoms with Crippen LogP contribution in [0.2, 0.25) is 0 Å². The van der Waals surface area contributed by atoms with E-state index >= 15 is 0 Å². The number of nitrogens with one attached hydrogen (secondary N) is 1. The van der Waals surface area contributed by atoms with Crippen molar-refractivity contribution in [3.05, 3.63) is 47.3 Å². The zero-order chi connectivity index (χ0) is 12.8. The monoisotopic (exact) mass is 244 g/mol. The fourth-order valence-corrected chi connectivity index (χ4v) is 2.21. The van der Waals surface area contributed by atoms with Gasteiger partial charge in [-0.1, -0.05) is 18.2 Å². The van der Waals surface area contributed by atoms with Gasteiger partial charge < -0.3 is 5.32 Å². The smallest absolute Gasteiger partial charge is 0.129 e. The fourth-order valence-electron chi connectivity index (χ4n) is 2.21. The van der Waals surface area contributed by atoms with E-state index in [-0.39, 0.29) is 5.82 Å². The average molecular weight is 244 g/mol. The summed E-state index contributed by atoms with van der Waals surface area (Å²) in [6, 6.07) is 6.57. The van der Waals surface area contributed by atoms with E-state index in [1.165, 1.54) is 12.5 Å². The molecule has 1 N–H and O–H groups in total. The molecule has 1 aromatic rings. The number of hydrogen-bond acceptors (Lipinski definition) is 2. The first-order valence-corrected chi connectivity index (χ1v) is 6.34. The molecule has 0 fully saturated rings. The van der Waals surface area contributed by atoms with E-state index in [2.05, 4.69) is 17.5 Å². The van der Waals surface area contributed by atoms with Gasteiger partial charge in [0, 0.05) is 12.1 Å². The molecule has 0 amide bonds. The van der Waals surface area contributed by atoms with Crippen LogP contribution in [0.5, 0.6) is 0 Å². The molecule has 1 atom stereocenters. The first-order valence-electron chi connectivity index (χ1n) is 6.34. The summed E-state index contributed by atoms with van der Waals surface area (Å²) in [6.45, 7) is 1.45. The number of nitriles is 1. The lowest BCUT2D eigenvalue weighted by molar-refractivity contribution is 0.437. The van der Waals surface area contributed by atoms with Crippen LogP contribution < -0.4 is 5.32 Å². The van der Waals surface area contributed by atoms with Gasteiger partial charge in [0.2, 0.25) is 0 Å². The molecule has 0 aromatic heterocycles. The number of rotatable bonds is 4. The van der Waals surface area contributed by atoms with Crippen molar-refractivity contribution < 1.29 is 4.39 Å². The standard InChI is InChI=1S/C15H17FN2/c16-15-8-13(9-17)6-7-14(15)11-18-10-12-4-2-1-3-5-12/h1-2,6-8,12,18H,3-5,10-11H2. The Balaban J connectivity index is 1.83. The molecular formula is C15H17FN2. The molecule has 0 radical (unpaired) electrons. The van der Waals surface area contributed by atoms with Gasteiger partial charge in [0.25, 0.3) is 0 Å². The topological polar surface area (TPSA) is 35.8 Å². The summed E-state index contributed by atoms with van der Waals surface area (Å²) in [5, 5.41) is 12.0. The van der Waals surface area contributed by atoms with Gasteiger partial charge in [-0.3, -0.25) is 0 Å². The van der Waals surface area contributed by atoms with Gasteiger partial charge >= 0.3 is 0 Å². The Hall–Kier alpha value is -1.66. The second kappa shape index (κ2) is 6.32. The molecule has 2 rings (SSSR count). The second-order valence-corrected chi connectivity index (χ2v) is 4.70. The summed E-state index contributed by atoms with van der Waals surface area (Å²) < 4.78 is 13.6. The molecule has 2 nitrogen and oxygen atoms in total. The van der Waals surface area contributed by atoms with Gasteiger partial charge in [-0.05, 0) is 43.9 Å². The summed E-state index contributed by atoms with van der Waals surface area (Å²) >= 11 is 0. The van der Waals surface area contributed by atoms with E-state index < -0.39 is 0 Å². The van der Waals surface area contributed by atoms with E-state index in [0.717, 1.165) is 19.4 Å². The molecule has 18 heavy (non-hydrogen) atoms. The van der Waals surface area contributed by atoms with Crippen molar-refractivity contribution in [2.75, 3.05) is 6.54 Å². The third-order valence-corrected chi connectivity index (χ3v) is 3.31. The second-order valence-electron chi connectivity index (χ2n) is 4.70. The number of benzene rings is 1. The summed E-state index contributed by atoms with van der Waals surface area (Å²) in [4.78, 5) is 0. The van der Waals surface area contributed by atoms with Crippen LogP contribution >= 0.6 is 0 Å². The zero-order valence-electron chi connectivity index (χ0n) is 10.3. The highest BCUT2D eigenvalue weighted by Gasteiger charge is 2.09. The molecule has 3 heteroatoms. The summed E-state index contributed by atoms with van der Waals surface area (Å²) in [5.41, 5.74) is 0.994. The maximum absolute atomic E-state index is 13.6. The number of halogens is 1. The SMILES string of the molecule is N#Cc1ccc(CNCC2CC=CCC2)c(F)c1. The lowest BCUT2D eigenvalue weighted by atomic mass is 9.94. The van der Waals surface area contributed by atoms with Crippen LogP contribution in [0.3, 0.4) is 0 Å². The molecule has 1 aliphatic rings. The number of hydrogen-bond donors (Lipinski definition) is 1. The number of nitrogens with zero attached hydrogens (tertiary/aromatic N) is 1. The Labute approximate surface area is 107 Å². The molecule has 0 spiro atoms. The molecule has 0 bridgehead atoms. The molecule has 0 aliphatic heterocycles. The number of allylic oxidation sites excluding steroid dienone is 2. The maximum atomic E-state index is 13.6. The Kier molecular flexibility index (Phi) is 4.49. The van der Waals surface area contributed by atoms with E-state index in [1.807, 2.05) is 6.07 Å². The quantitative estimate of drug-likeness (QED) is 0.826. The van der Waals surface area contributed by atoms with Crippen LogP contribution in [0.25, 0.3) is 0 Å². The van der Waals surface area contributed by atoms with Crippen molar-refractivity contribution in [3.63, 3.8) is 0 Å². The predicted octanol–water partition coefficient (Wildman–Crippen LogP) is 3.14. The Morgan fingerprint density at radius 2 is 2.28 bits per heavy atom. The van der Waals surface area contributed by atoms with Crippen molar-refractivity contribution in [1.82, 2.24) is 5.32 Å². The summed E-state index contributed by atoms with van der Waals surface area (Å²) in [6.07, 6.45) is 7.91. The largest absolute Gasteiger partial charge is 0.312 e. The van der Waals surface area contributed by atoms with Crippen molar-refractivity contribution >= 4 is 0 Å². The normalized spacial score (nSPS) is 18.6. The molecule has 1 aromatic carbocycles. The third-order valence-electron chi connectivity index (χ3n) is 3.31. The minimum absolute atomic E-state index is 0.301. The lowest BCUT2D eigenvalue weighted by Gasteiger charge is -2.18. The highest BCUT2D eigenvalue weighted by Crippen LogP contribution is 2.17. The molecule has 1 aliphatic carbocycles. The van der Waals surface area contributed by atoms with Crippen molar-refractivity contribution in [2.24, 2.45) is 5.92 Å². The van der Waals surface area contributed by atoms with E-state index in [4.69, 9.17) is 5.26 Å². The molecule has 0 heterocycles. The molecule has 1 unspecified atom stereocenters. The molecular weight excluding hydrogens is 227 g/mol. The van der Waals surface area contributed by atoms with Crippen molar-refractivity contribution in [2.45, 2.75) is 25.8 Å². The lowest BCUT2D eigenvalue weighted by Crippen LogP contribution is -2.23. The Morgan fingerprint density at radius 3 is 2.94 bits per heavy atom. The maximum Gasteiger partial charge on any atom is 0.129 e. The zero-order valence-corrected chi connectivity index (χ0v) is 10.3. The van der Waals surface area contributed by atoms with Crippen LogP contribution in [0.4, 0.5) is 4.39 Å². The average Bonchev–Trinajstić information content (AvgIpc) is 2.42. The minimum Gasteiger partial charge on any atom is -0.312 e. The highest BCUT2D eigenvalue weighted by molar-refractivity contribution is 5.32. The summed E-state index contributed by atoms with van der Waals surface area (Å²) in [5.74, 6) is 0.363. The van der Waals surface area contributed by atoms with Crippen molar-refractivity contribution in [1.29, 1.82) is 5.26 Å². The van der Waals surface area contributed by atoms with Crippen LogP contribution in [0.1, 0.15) is 30.4 Å². The first kappa shape index (κ1) is 12.8. The van der Waals surface area contributed by atoms with Gasteiger partial charge in [0.1, 0.15) is 5.82 Å². The molecule has 0 saturated carbocycles. The minimum atomic E-state index is -0.301. The van der Waals surface area contributed by atoms with E-state index in [9.17, 15) is 4.39 Å². The van der Waals surface area contributed by atoms with Gasteiger partial charge in [-0.15, -0.1) is 0 Å². The Bertz CT molecular complexity index is 474. The van der Waals surface area contributed by atoms with E-state index in [1.54, 1.807) is 12.1 Å². The van der Waals surface area contributed by atoms with Crippen LogP contribution in [0.15, 0.2) is 30.4 Å². The fraction of sp³-hybridized carbons (Fsp3) is 0.400. The first-order chi connectivity index (χ1) is 8.79. The summed E-state index contributed by atoms with van der Waals surface area (Å²) in [7, 11) is 0. The Morgan fingerprint density at radius 1 is 1.39 bits per heavy atom. The third kappa shape index (κ3) is 3.41. The molecule has 0 saturated heterocycles. The van der Waals surface area contributed by atoms with Crippen LogP contribution in [0, 0.1) is 23.1 Å².